The summed E-state index contributed by atoms with van der Waals surface area (Å²) in [6.07, 6.45) is 3.98. The minimum Gasteiger partial charge on any atom is -0.381 e. The highest BCUT2D eigenvalue weighted by atomic mass is 16.5. The Labute approximate surface area is 92.9 Å². The van der Waals surface area contributed by atoms with Gasteiger partial charge in [-0.15, -0.1) is 0 Å². The first-order valence-electron chi connectivity index (χ1n) is 5.62. The van der Waals surface area contributed by atoms with Crippen molar-refractivity contribution >= 4 is 5.65 Å². The van der Waals surface area contributed by atoms with Crippen LogP contribution in [0.4, 0.5) is 0 Å². The molecule has 1 N–H and O–H groups in total. The van der Waals surface area contributed by atoms with Gasteiger partial charge in [0, 0.05) is 37.1 Å². The molecule has 0 bridgehead atoms. The van der Waals surface area contributed by atoms with Gasteiger partial charge in [-0.05, 0) is 18.9 Å². The number of rotatable bonds is 1. The van der Waals surface area contributed by atoms with Crippen LogP contribution >= 0.6 is 0 Å². The Bertz CT molecular complexity index is 549. The number of pyridine rings is 1. The van der Waals surface area contributed by atoms with E-state index >= 15 is 0 Å². The number of imidazole rings is 1. The molecule has 0 unspecified atom stereocenters. The summed E-state index contributed by atoms with van der Waals surface area (Å²) in [6.45, 7) is 1.63. The molecule has 1 aliphatic rings. The molecule has 3 heterocycles. The smallest absolute Gasteiger partial charge is 0.256 e. The Morgan fingerprint density at radius 3 is 2.88 bits per heavy atom. The van der Waals surface area contributed by atoms with Crippen LogP contribution in [0, 0.1) is 0 Å². The number of hydrogen-bond donors (Lipinski definition) is 1. The molecule has 0 saturated carbocycles. The maximum Gasteiger partial charge on any atom is 0.256 e. The third-order valence-electron chi connectivity index (χ3n) is 3.19. The summed E-state index contributed by atoms with van der Waals surface area (Å²) in [7, 11) is 0. The summed E-state index contributed by atoms with van der Waals surface area (Å²) in [6, 6.07) is 5.28. The van der Waals surface area contributed by atoms with Crippen molar-refractivity contribution in [1.29, 1.82) is 0 Å². The van der Waals surface area contributed by atoms with Gasteiger partial charge in [0.25, 0.3) is 5.56 Å². The molecule has 0 aromatic carbocycles. The van der Waals surface area contributed by atoms with Crippen LogP contribution in [0.2, 0.25) is 0 Å². The van der Waals surface area contributed by atoms with Crippen molar-refractivity contribution in [3.8, 4) is 0 Å². The highest BCUT2D eigenvalue weighted by Gasteiger charge is 2.17. The monoisotopic (exact) mass is 218 g/mol. The lowest BCUT2D eigenvalue weighted by atomic mass is 9.97. The van der Waals surface area contributed by atoms with Crippen LogP contribution < -0.4 is 5.56 Å². The summed E-state index contributed by atoms with van der Waals surface area (Å²) in [5, 5.41) is 0. The van der Waals surface area contributed by atoms with E-state index < -0.39 is 0 Å². The van der Waals surface area contributed by atoms with E-state index in [0.717, 1.165) is 37.4 Å². The summed E-state index contributed by atoms with van der Waals surface area (Å²) in [5.74, 6) is 0.494. The maximum absolute atomic E-state index is 11.6. The molecule has 1 aliphatic heterocycles. The quantitative estimate of drug-likeness (QED) is 0.788. The van der Waals surface area contributed by atoms with Crippen molar-refractivity contribution in [3.63, 3.8) is 0 Å². The average molecular weight is 218 g/mol. The summed E-state index contributed by atoms with van der Waals surface area (Å²) in [5.41, 5.74) is 2.03. The number of aromatic amines is 1. The predicted molar refractivity (Wildman–Crippen MR) is 60.8 cm³/mol. The predicted octanol–water partition coefficient (Wildman–Crippen LogP) is 1.52. The van der Waals surface area contributed by atoms with E-state index in [-0.39, 0.29) is 5.56 Å². The fourth-order valence-corrected chi connectivity index (χ4v) is 2.27. The molecule has 16 heavy (non-hydrogen) atoms. The first-order valence-corrected chi connectivity index (χ1v) is 5.62. The molecule has 0 amide bonds. The second kappa shape index (κ2) is 3.79. The van der Waals surface area contributed by atoms with E-state index in [2.05, 4.69) is 4.98 Å². The van der Waals surface area contributed by atoms with Gasteiger partial charge in [-0.1, -0.05) is 6.07 Å². The molecule has 0 radical (unpaired) electrons. The third-order valence-corrected chi connectivity index (χ3v) is 3.19. The van der Waals surface area contributed by atoms with Crippen LogP contribution in [-0.4, -0.2) is 22.6 Å². The van der Waals surface area contributed by atoms with Crippen molar-refractivity contribution in [2.45, 2.75) is 18.8 Å². The van der Waals surface area contributed by atoms with Crippen LogP contribution in [0.5, 0.6) is 0 Å². The molecular formula is C12H14N2O2. The minimum absolute atomic E-state index is 0.0204. The molecule has 0 spiro atoms. The number of H-pyrrole nitrogens is 1. The van der Waals surface area contributed by atoms with E-state index in [1.807, 2.05) is 12.3 Å². The molecule has 84 valence electrons. The highest BCUT2D eigenvalue weighted by Crippen LogP contribution is 2.25. The first-order chi connectivity index (χ1) is 7.84. The highest BCUT2D eigenvalue weighted by molar-refractivity contribution is 5.40. The van der Waals surface area contributed by atoms with E-state index in [0.29, 0.717) is 5.92 Å². The molecule has 4 nitrogen and oxygen atoms in total. The zero-order valence-electron chi connectivity index (χ0n) is 8.98. The average Bonchev–Trinajstić information content (AvgIpc) is 2.76. The van der Waals surface area contributed by atoms with Gasteiger partial charge in [0.1, 0.15) is 5.65 Å². The Morgan fingerprint density at radius 1 is 1.31 bits per heavy atom. The van der Waals surface area contributed by atoms with Gasteiger partial charge in [-0.25, -0.2) is 0 Å². The lowest BCUT2D eigenvalue weighted by Gasteiger charge is -2.20. The molecule has 4 heteroatoms. The normalized spacial score (nSPS) is 18.0. The van der Waals surface area contributed by atoms with Crippen LogP contribution in [0.1, 0.15) is 24.5 Å². The van der Waals surface area contributed by atoms with Gasteiger partial charge in [-0.2, -0.15) is 0 Å². The summed E-state index contributed by atoms with van der Waals surface area (Å²) >= 11 is 0. The van der Waals surface area contributed by atoms with Crippen molar-refractivity contribution in [2.75, 3.05) is 13.2 Å². The Hall–Kier alpha value is -1.55. The second-order valence-corrected chi connectivity index (χ2v) is 4.22. The molecule has 0 aliphatic carbocycles. The zero-order chi connectivity index (χ0) is 11.0. The molecule has 0 atom stereocenters. The second-order valence-electron chi connectivity index (χ2n) is 4.22. The van der Waals surface area contributed by atoms with E-state index in [9.17, 15) is 4.79 Å². The van der Waals surface area contributed by atoms with Crippen molar-refractivity contribution in [3.05, 3.63) is 40.4 Å². The molecule has 1 fully saturated rings. The molecule has 1 saturated heterocycles. The van der Waals surface area contributed by atoms with Crippen molar-refractivity contribution in [1.82, 2.24) is 9.38 Å². The van der Waals surface area contributed by atoms with Crippen LogP contribution in [0.15, 0.2) is 29.2 Å². The Kier molecular flexibility index (Phi) is 2.29. The molecular weight excluding hydrogens is 204 g/mol. The lowest BCUT2D eigenvalue weighted by Crippen LogP contribution is -2.14. The Morgan fingerprint density at radius 2 is 2.12 bits per heavy atom. The number of aromatic nitrogens is 2. The molecule has 2 aromatic heterocycles. The number of ether oxygens (including phenoxy) is 1. The number of hydrogen-bond acceptors (Lipinski definition) is 2. The summed E-state index contributed by atoms with van der Waals surface area (Å²) in [4.78, 5) is 14.9. The van der Waals surface area contributed by atoms with Crippen molar-refractivity contribution in [2.24, 2.45) is 0 Å². The zero-order valence-corrected chi connectivity index (χ0v) is 8.98. The third kappa shape index (κ3) is 1.55. The molecule has 2 aromatic rings. The number of nitrogens with zero attached hydrogens (tertiary/aromatic N) is 1. The largest absolute Gasteiger partial charge is 0.381 e. The maximum atomic E-state index is 11.6. The van der Waals surface area contributed by atoms with Crippen LogP contribution in [0.25, 0.3) is 5.65 Å². The lowest BCUT2D eigenvalue weighted by molar-refractivity contribution is 0.0846. The van der Waals surface area contributed by atoms with Gasteiger partial charge in [-0.3, -0.25) is 9.20 Å². The Balaban J connectivity index is 2.04. The standard InChI is InChI=1S/C12H14N2O2/c15-12-3-1-2-11-13-10(8-14(11)12)9-4-6-16-7-5-9/h1-3,8-9,13H,4-7H2. The van der Waals surface area contributed by atoms with Gasteiger partial charge in [0.15, 0.2) is 0 Å². The fourth-order valence-electron chi connectivity index (χ4n) is 2.27. The van der Waals surface area contributed by atoms with E-state index in [1.165, 1.54) is 0 Å². The molecule has 3 rings (SSSR count). The topological polar surface area (TPSA) is 46.5 Å². The first kappa shape index (κ1) is 9.66. The number of fused-ring (bicyclic) bond motifs is 1. The van der Waals surface area contributed by atoms with Gasteiger partial charge < -0.3 is 9.72 Å². The summed E-state index contributed by atoms with van der Waals surface area (Å²) < 4.78 is 7.01. The van der Waals surface area contributed by atoms with E-state index in [1.54, 1.807) is 16.5 Å². The fraction of sp³-hybridized carbons (Fsp3) is 0.417. The van der Waals surface area contributed by atoms with Gasteiger partial charge >= 0.3 is 0 Å². The van der Waals surface area contributed by atoms with E-state index in [4.69, 9.17) is 4.74 Å². The SMILES string of the molecule is O=c1cccc2[nH]c(C3CCOCC3)cn12. The van der Waals surface area contributed by atoms with Gasteiger partial charge in [0.2, 0.25) is 0 Å². The van der Waals surface area contributed by atoms with Crippen LogP contribution in [-0.2, 0) is 4.74 Å². The van der Waals surface area contributed by atoms with Gasteiger partial charge in [0.05, 0.1) is 0 Å². The number of nitrogens with one attached hydrogen (secondary N) is 1. The minimum atomic E-state index is 0.0204. The van der Waals surface area contributed by atoms with Crippen molar-refractivity contribution < 1.29 is 4.74 Å². The van der Waals surface area contributed by atoms with Crippen LogP contribution in [0.3, 0.4) is 0 Å².